The first-order chi connectivity index (χ1) is 12.0. The minimum atomic E-state index is 0.295. The Bertz CT molecular complexity index is 900. The van der Waals surface area contributed by atoms with Gasteiger partial charge in [-0.05, 0) is 61.9 Å². The van der Waals surface area contributed by atoms with Crippen molar-refractivity contribution in [1.29, 1.82) is 0 Å². The molecule has 4 rings (SSSR count). The second kappa shape index (κ2) is 5.80. The summed E-state index contributed by atoms with van der Waals surface area (Å²) in [6.45, 7) is 9.12. The molecule has 0 spiro atoms. The summed E-state index contributed by atoms with van der Waals surface area (Å²) in [5, 5.41) is 0. The van der Waals surface area contributed by atoms with Crippen LogP contribution in [0.1, 0.15) is 22.3 Å². The van der Waals surface area contributed by atoms with E-state index in [0.717, 1.165) is 0 Å². The third-order valence-corrected chi connectivity index (χ3v) is 5.55. The van der Waals surface area contributed by atoms with E-state index in [2.05, 4.69) is 94.2 Å². The van der Waals surface area contributed by atoms with E-state index in [1.54, 1.807) is 0 Å². The van der Waals surface area contributed by atoms with E-state index in [4.69, 9.17) is 0 Å². The van der Waals surface area contributed by atoms with Gasteiger partial charge in [-0.25, -0.2) is 0 Å². The molecular formula is C23H24BN. The van der Waals surface area contributed by atoms with Crippen molar-refractivity contribution < 1.29 is 0 Å². The predicted molar refractivity (Wildman–Crippen MR) is 111 cm³/mol. The molecule has 1 aliphatic rings. The molecule has 0 bridgehead atoms. The molecule has 0 amide bonds. The molecule has 0 N–H and O–H groups in total. The molecule has 0 aromatic heterocycles. The molecule has 0 aliphatic carbocycles. The van der Waals surface area contributed by atoms with Gasteiger partial charge >= 0.3 is 0 Å². The summed E-state index contributed by atoms with van der Waals surface area (Å²) in [5.74, 6) is 0. The van der Waals surface area contributed by atoms with Crippen LogP contribution in [0.5, 0.6) is 0 Å². The topological polar surface area (TPSA) is 3.24 Å². The van der Waals surface area contributed by atoms with E-state index in [1.165, 1.54) is 50.0 Å². The van der Waals surface area contributed by atoms with Gasteiger partial charge in [0.05, 0.1) is 0 Å². The predicted octanol–water partition coefficient (Wildman–Crippen LogP) is 3.52. The van der Waals surface area contributed by atoms with Crippen molar-refractivity contribution in [2.24, 2.45) is 0 Å². The first kappa shape index (κ1) is 16.0. The minimum absolute atomic E-state index is 0.295. The Labute approximate surface area is 151 Å². The highest BCUT2D eigenvalue weighted by atomic mass is 15.1. The largest absolute Gasteiger partial charge is 0.345 e. The van der Waals surface area contributed by atoms with Crippen LogP contribution in [-0.2, 0) is 0 Å². The Morgan fingerprint density at radius 3 is 1.64 bits per heavy atom. The zero-order valence-corrected chi connectivity index (χ0v) is 15.7. The summed E-state index contributed by atoms with van der Waals surface area (Å²) in [6, 6.07) is 20.4. The maximum atomic E-state index is 2.36. The number of hydrogen-bond donors (Lipinski definition) is 0. The van der Waals surface area contributed by atoms with Gasteiger partial charge in [0.2, 0.25) is 6.71 Å². The quantitative estimate of drug-likeness (QED) is 0.619. The van der Waals surface area contributed by atoms with E-state index in [1.807, 2.05) is 0 Å². The van der Waals surface area contributed by atoms with Crippen molar-refractivity contribution in [3.05, 3.63) is 76.9 Å². The van der Waals surface area contributed by atoms with Gasteiger partial charge in [0.25, 0.3) is 0 Å². The van der Waals surface area contributed by atoms with Gasteiger partial charge in [-0.15, -0.1) is 0 Å². The van der Waals surface area contributed by atoms with Gasteiger partial charge in [-0.2, -0.15) is 0 Å². The molecule has 3 aromatic carbocycles. The lowest BCUT2D eigenvalue weighted by Crippen LogP contribution is -2.58. The van der Waals surface area contributed by atoms with E-state index in [0.29, 0.717) is 6.71 Å². The molecule has 0 unspecified atom stereocenters. The standard InChI is InChI=1S/C23H24BN/c1-15-9-11-19-21(13-15)25(5)22-14-16(2)10-12-20(22)24(19)23-17(3)7-6-8-18(23)4/h6-14H,1-5H3. The van der Waals surface area contributed by atoms with E-state index >= 15 is 0 Å². The molecular weight excluding hydrogens is 301 g/mol. The summed E-state index contributed by atoms with van der Waals surface area (Å²) in [4.78, 5) is 2.36. The fourth-order valence-corrected chi connectivity index (χ4v) is 4.27. The van der Waals surface area contributed by atoms with Crippen LogP contribution in [0.2, 0.25) is 0 Å². The normalized spacial score (nSPS) is 12.8. The van der Waals surface area contributed by atoms with Crippen molar-refractivity contribution >= 4 is 34.5 Å². The molecule has 0 saturated carbocycles. The number of anilines is 2. The molecule has 1 nitrogen and oxygen atoms in total. The summed E-state index contributed by atoms with van der Waals surface area (Å²) in [5.41, 5.74) is 12.3. The molecule has 1 aliphatic heterocycles. The molecule has 1 heterocycles. The average Bonchev–Trinajstić information content (AvgIpc) is 2.58. The van der Waals surface area contributed by atoms with Crippen LogP contribution in [0.25, 0.3) is 0 Å². The number of benzene rings is 3. The number of fused-ring (bicyclic) bond motifs is 2. The molecule has 2 heteroatoms. The highest BCUT2D eigenvalue weighted by molar-refractivity contribution is 6.98. The van der Waals surface area contributed by atoms with Crippen LogP contribution in [0.4, 0.5) is 11.4 Å². The number of nitrogens with zero attached hydrogens (tertiary/aromatic N) is 1. The van der Waals surface area contributed by atoms with E-state index in [-0.39, 0.29) is 0 Å². The number of hydrogen-bond acceptors (Lipinski definition) is 1. The van der Waals surface area contributed by atoms with Crippen molar-refractivity contribution in [1.82, 2.24) is 0 Å². The first-order valence-electron chi connectivity index (χ1n) is 8.98. The van der Waals surface area contributed by atoms with Gasteiger partial charge in [0.15, 0.2) is 0 Å². The molecule has 0 radical (unpaired) electrons. The summed E-state index contributed by atoms with van der Waals surface area (Å²) in [6.07, 6.45) is 0. The first-order valence-corrected chi connectivity index (χ1v) is 8.98. The van der Waals surface area contributed by atoms with Crippen molar-refractivity contribution in [2.45, 2.75) is 27.7 Å². The smallest absolute Gasteiger partial charge is 0.247 e. The molecule has 25 heavy (non-hydrogen) atoms. The van der Waals surface area contributed by atoms with Crippen LogP contribution >= 0.6 is 0 Å². The summed E-state index contributed by atoms with van der Waals surface area (Å²) < 4.78 is 0. The van der Waals surface area contributed by atoms with E-state index in [9.17, 15) is 0 Å². The number of rotatable bonds is 1. The highest BCUT2D eigenvalue weighted by Crippen LogP contribution is 2.28. The van der Waals surface area contributed by atoms with Crippen LogP contribution in [0, 0.1) is 27.7 Å². The highest BCUT2D eigenvalue weighted by Gasteiger charge is 2.34. The Balaban J connectivity index is 2.07. The fourth-order valence-electron chi connectivity index (χ4n) is 4.27. The lowest BCUT2D eigenvalue weighted by Gasteiger charge is -2.36. The van der Waals surface area contributed by atoms with Gasteiger partial charge in [0.1, 0.15) is 0 Å². The van der Waals surface area contributed by atoms with Gasteiger partial charge in [-0.3, -0.25) is 0 Å². The molecule has 0 fully saturated rings. The van der Waals surface area contributed by atoms with Crippen LogP contribution in [-0.4, -0.2) is 13.8 Å². The second-order valence-electron chi connectivity index (χ2n) is 7.42. The SMILES string of the molecule is Cc1ccc2c(c1)N(C)c1cc(C)ccc1B2c1c(C)cccc1C. The Hall–Kier alpha value is -2.48. The Kier molecular flexibility index (Phi) is 3.72. The zero-order chi connectivity index (χ0) is 17.7. The fraction of sp³-hybridized carbons (Fsp3) is 0.217. The van der Waals surface area contributed by atoms with Gasteiger partial charge in [0, 0.05) is 18.4 Å². The molecule has 0 saturated heterocycles. The minimum Gasteiger partial charge on any atom is -0.345 e. The van der Waals surface area contributed by atoms with Crippen LogP contribution < -0.4 is 21.3 Å². The molecule has 124 valence electrons. The monoisotopic (exact) mass is 325 g/mol. The van der Waals surface area contributed by atoms with Crippen LogP contribution in [0.15, 0.2) is 54.6 Å². The maximum Gasteiger partial charge on any atom is 0.247 e. The lowest BCUT2D eigenvalue weighted by molar-refractivity contribution is 1.20. The zero-order valence-electron chi connectivity index (χ0n) is 15.7. The van der Waals surface area contributed by atoms with Gasteiger partial charge in [-0.1, -0.05) is 59.1 Å². The van der Waals surface area contributed by atoms with Crippen molar-refractivity contribution in [3.8, 4) is 0 Å². The average molecular weight is 325 g/mol. The van der Waals surface area contributed by atoms with Crippen molar-refractivity contribution in [2.75, 3.05) is 11.9 Å². The summed E-state index contributed by atoms with van der Waals surface area (Å²) >= 11 is 0. The third kappa shape index (κ3) is 2.48. The lowest BCUT2D eigenvalue weighted by atomic mass is 9.34. The van der Waals surface area contributed by atoms with Gasteiger partial charge < -0.3 is 4.90 Å². The second-order valence-corrected chi connectivity index (χ2v) is 7.42. The summed E-state index contributed by atoms with van der Waals surface area (Å²) in [7, 11) is 2.19. The Morgan fingerprint density at radius 2 is 1.16 bits per heavy atom. The Morgan fingerprint density at radius 1 is 0.680 bits per heavy atom. The van der Waals surface area contributed by atoms with Crippen molar-refractivity contribution in [3.63, 3.8) is 0 Å². The molecule has 3 aromatic rings. The molecule has 0 atom stereocenters. The third-order valence-electron chi connectivity index (χ3n) is 5.55. The van der Waals surface area contributed by atoms with E-state index < -0.39 is 0 Å². The number of aryl methyl sites for hydroxylation is 4. The van der Waals surface area contributed by atoms with Crippen LogP contribution in [0.3, 0.4) is 0 Å². The maximum absolute atomic E-state index is 2.36.